The molecule has 0 radical (unpaired) electrons. The van der Waals surface area contributed by atoms with Gasteiger partial charge in [0.2, 0.25) is 5.91 Å². The van der Waals surface area contributed by atoms with Crippen molar-refractivity contribution in [2.45, 2.75) is 44.7 Å². The minimum atomic E-state index is -2.95. The summed E-state index contributed by atoms with van der Waals surface area (Å²) in [4.78, 5) is 12.0. The molecule has 18 heavy (non-hydrogen) atoms. The maximum atomic E-state index is 12.0. The lowest BCUT2D eigenvalue weighted by atomic mass is 9.94. The van der Waals surface area contributed by atoms with E-state index in [0.29, 0.717) is 19.0 Å². The zero-order valence-corrected chi connectivity index (χ0v) is 11.6. The Morgan fingerprint density at radius 1 is 1.28 bits per heavy atom. The molecule has 0 spiro atoms. The summed E-state index contributed by atoms with van der Waals surface area (Å²) >= 11 is 0. The van der Waals surface area contributed by atoms with Crippen LogP contribution in [-0.2, 0) is 14.6 Å². The van der Waals surface area contributed by atoms with E-state index in [9.17, 15) is 13.2 Å². The highest BCUT2D eigenvalue weighted by molar-refractivity contribution is 7.91. The minimum Gasteiger partial charge on any atom is -0.352 e. The molecule has 0 aromatic heterocycles. The summed E-state index contributed by atoms with van der Waals surface area (Å²) in [5.74, 6) is 0.374. The molecular formula is C12H22N2O3S. The lowest BCUT2D eigenvalue weighted by Crippen LogP contribution is -2.49. The lowest BCUT2D eigenvalue weighted by molar-refractivity contribution is -0.126. The molecule has 2 saturated heterocycles. The Bertz CT molecular complexity index is 400. The molecule has 0 aromatic carbocycles. The molecule has 1 amide bonds. The first-order valence-electron chi connectivity index (χ1n) is 6.70. The number of amides is 1. The molecule has 104 valence electrons. The molecule has 2 fully saturated rings. The molecule has 2 N–H and O–H groups in total. The van der Waals surface area contributed by atoms with Crippen molar-refractivity contribution in [2.24, 2.45) is 5.92 Å². The van der Waals surface area contributed by atoms with Crippen LogP contribution in [0.5, 0.6) is 0 Å². The van der Waals surface area contributed by atoms with Gasteiger partial charge in [-0.05, 0) is 32.6 Å². The smallest absolute Gasteiger partial charge is 0.224 e. The van der Waals surface area contributed by atoms with Gasteiger partial charge in [-0.3, -0.25) is 4.79 Å². The maximum absolute atomic E-state index is 12.0. The van der Waals surface area contributed by atoms with Gasteiger partial charge in [-0.2, -0.15) is 0 Å². The Kier molecular flexibility index (Phi) is 4.27. The summed E-state index contributed by atoms with van der Waals surface area (Å²) in [5.41, 5.74) is 0. The standard InChI is InChI=1S/C12H22N2O3S/c1-9-4-5-10(7-13-9)12(15)14-11-3-2-6-18(16,17)8-11/h9-11,13H,2-8H2,1H3,(H,14,15). The number of carbonyl (C=O) groups is 1. The van der Waals surface area contributed by atoms with Gasteiger partial charge in [0, 0.05) is 18.6 Å². The van der Waals surface area contributed by atoms with Crippen LogP contribution in [0.1, 0.15) is 32.6 Å². The molecule has 0 aromatic rings. The number of nitrogens with one attached hydrogen (secondary N) is 2. The molecule has 6 heteroatoms. The molecule has 2 rings (SSSR count). The Morgan fingerprint density at radius 2 is 2.06 bits per heavy atom. The van der Waals surface area contributed by atoms with Crippen molar-refractivity contribution in [3.63, 3.8) is 0 Å². The molecule has 0 saturated carbocycles. The highest BCUT2D eigenvalue weighted by Gasteiger charge is 2.29. The number of sulfone groups is 1. The zero-order chi connectivity index (χ0) is 13.2. The van der Waals surface area contributed by atoms with Crippen LogP contribution in [0.15, 0.2) is 0 Å². The van der Waals surface area contributed by atoms with Crippen LogP contribution in [0.2, 0.25) is 0 Å². The van der Waals surface area contributed by atoms with Gasteiger partial charge >= 0.3 is 0 Å². The molecule has 0 aliphatic carbocycles. The molecular weight excluding hydrogens is 252 g/mol. The van der Waals surface area contributed by atoms with Gasteiger partial charge in [0.05, 0.1) is 17.4 Å². The van der Waals surface area contributed by atoms with Crippen molar-refractivity contribution in [3.05, 3.63) is 0 Å². The molecule has 3 unspecified atom stereocenters. The zero-order valence-electron chi connectivity index (χ0n) is 10.8. The molecule has 2 aliphatic heterocycles. The van der Waals surface area contributed by atoms with Crippen molar-refractivity contribution in [1.29, 1.82) is 0 Å². The van der Waals surface area contributed by atoms with E-state index in [2.05, 4.69) is 17.6 Å². The Balaban J connectivity index is 1.84. The number of hydrogen-bond donors (Lipinski definition) is 2. The summed E-state index contributed by atoms with van der Waals surface area (Å²) in [6.07, 6.45) is 3.33. The quantitative estimate of drug-likeness (QED) is 0.747. The Morgan fingerprint density at radius 3 is 2.67 bits per heavy atom. The fourth-order valence-electron chi connectivity index (χ4n) is 2.68. The maximum Gasteiger partial charge on any atom is 0.224 e. The van der Waals surface area contributed by atoms with Gasteiger partial charge < -0.3 is 10.6 Å². The SMILES string of the molecule is CC1CCC(C(=O)NC2CCCS(=O)(=O)C2)CN1. The predicted molar refractivity (Wildman–Crippen MR) is 70.0 cm³/mol. The summed E-state index contributed by atoms with van der Waals surface area (Å²) in [6.45, 7) is 2.81. The highest BCUT2D eigenvalue weighted by Crippen LogP contribution is 2.16. The largest absolute Gasteiger partial charge is 0.352 e. The number of piperidine rings is 1. The van der Waals surface area contributed by atoms with Crippen LogP contribution in [0.4, 0.5) is 0 Å². The van der Waals surface area contributed by atoms with Gasteiger partial charge in [-0.15, -0.1) is 0 Å². The van der Waals surface area contributed by atoms with E-state index in [0.717, 1.165) is 19.3 Å². The Hall–Kier alpha value is -0.620. The third kappa shape index (κ3) is 3.68. The van der Waals surface area contributed by atoms with Crippen LogP contribution < -0.4 is 10.6 Å². The summed E-state index contributed by atoms with van der Waals surface area (Å²) in [7, 11) is -2.95. The van der Waals surface area contributed by atoms with Crippen molar-refractivity contribution in [2.75, 3.05) is 18.1 Å². The van der Waals surface area contributed by atoms with Gasteiger partial charge in [0.25, 0.3) is 0 Å². The van der Waals surface area contributed by atoms with Gasteiger partial charge in [0.1, 0.15) is 0 Å². The number of carbonyl (C=O) groups excluding carboxylic acids is 1. The van der Waals surface area contributed by atoms with E-state index in [-0.39, 0.29) is 29.4 Å². The van der Waals surface area contributed by atoms with E-state index >= 15 is 0 Å². The minimum absolute atomic E-state index is 0.00849. The fraction of sp³-hybridized carbons (Fsp3) is 0.917. The predicted octanol–water partition coefficient (Wildman–Crippen LogP) is 0.0679. The van der Waals surface area contributed by atoms with E-state index in [4.69, 9.17) is 0 Å². The van der Waals surface area contributed by atoms with Crippen LogP contribution in [0.3, 0.4) is 0 Å². The lowest BCUT2D eigenvalue weighted by Gasteiger charge is -2.29. The molecule has 5 nitrogen and oxygen atoms in total. The Labute approximate surface area is 109 Å². The van der Waals surface area contributed by atoms with Crippen molar-refractivity contribution >= 4 is 15.7 Å². The van der Waals surface area contributed by atoms with Crippen LogP contribution >= 0.6 is 0 Å². The molecule has 2 aliphatic rings. The molecule has 3 atom stereocenters. The third-order valence-electron chi connectivity index (χ3n) is 3.84. The summed E-state index contributed by atoms with van der Waals surface area (Å²) < 4.78 is 23.0. The summed E-state index contributed by atoms with van der Waals surface area (Å²) in [5, 5.41) is 6.19. The summed E-state index contributed by atoms with van der Waals surface area (Å²) in [6, 6.07) is 0.291. The van der Waals surface area contributed by atoms with Crippen LogP contribution in [-0.4, -0.2) is 44.5 Å². The number of hydrogen-bond acceptors (Lipinski definition) is 4. The van der Waals surface area contributed by atoms with Crippen molar-refractivity contribution < 1.29 is 13.2 Å². The monoisotopic (exact) mass is 274 g/mol. The second-order valence-electron chi connectivity index (χ2n) is 5.55. The van der Waals surface area contributed by atoms with E-state index in [1.807, 2.05) is 0 Å². The van der Waals surface area contributed by atoms with E-state index in [1.165, 1.54) is 0 Å². The topological polar surface area (TPSA) is 75.3 Å². The average Bonchev–Trinajstić information content (AvgIpc) is 2.28. The fourth-order valence-corrected chi connectivity index (χ4v) is 4.31. The number of rotatable bonds is 2. The second kappa shape index (κ2) is 5.57. The van der Waals surface area contributed by atoms with Crippen molar-refractivity contribution in [3.8, 4) is 0 Å². The first-order valence-corrected chi connectivity index (χ1v) is 8.52. The van der Waals surface area contributed by atoms with Gasteiger partial charge in [-0.25, -0.2) is 8.42 Å². The van der Waals surface area contributed by atoms with Crippen LogP contribution in [0, 0.1) is 5.92 Å². The van der Waals surface area contributed by atoms with E-state index < -0.39 is 9.84 Å². The third-order valence-corrected chi connectivity index (χ3v) is 5.66. The van der Waals surface area contributed by atoms with Crippen molar-refractivity contribution in [1.82, 2.24) is 10.6 Å². The van der Waals surface area contributed by atoms with Gasteiger partial charge in [-0.1, -0.05) is 0 Å². The normalized spacial score (nSPS) is 35.9. The van der Waals surface area contributed by atoms with E-state index in [1.54, 1.807) is 0 Å². The molecule has 0 bridgehead atoms. The highest BCUT2D eigenvalue weighted by atomic mass is 32.2. The average molecular weight is 274 g/mol. The second-order valence-corrected chi connectivity index (χ2v) is 7.77. The van der Waals surface area contributed by atoms with Crippen LogP contribution in [0.25, 0.3) is 0 Å². The van der Waals surface area contributed by atoms with Gasteiger partial charge in [0.15, 0.2) is 9.84 Å². The first kappa shape index (κ1) is 13.8. The molecule has 2 heterocycles. The first-order chi connectivity index (χ1) is 8.46.